The Hall–Kier alpha value is -3.42. The Morgan fingerprint density at radius 1 is 1.03 bits per heavy atom. The zero-order valence-corrected chi connectivity index (χ0v) is 20.3. The van der Waals surface area contributed by atoms with Gasteiger partial charge in [0.2, 0.25) is 11.9 Å². The van der Waals surface area contributed by atoms with Crippen LogP contribution in [-0.4, -0.2) is 48.7 Å². The van der Waals surface area contributed by atoms with Crippen molar-refractivity contribution in [2.75, 3.05) is 16.6 Å². The van der Waals surface area contributed by atoms with Gasteiger partial charge in [0.1, 0.15) is 0 Å². The number of sulfonamides is 1. The lowest BCUT2D eigenvalue weighted by Crippen LogP contribution is -2.69. The minimum absolute atomic E-state index is 0.165. The van der Waals surface area contributed by atoms with Crippen LogP contribution >= 0.6 is 0 Å². The third kappa shape index (κ3) is 6.81. The fourth-order valence-corrected chi connectivity index (χ4v) is 3.96. The van der Waals surface area contributed by atoms with E-state index in [1.54, 1.807) is 32.2 Å². The minimum Gasteiger partial charge on any atom is -0.463 e. The van der Waals surface area contributed by atoms with E-state index < -0.39 is 33.7 Å². The molecule has 1 heterocycles. The molecule has 0 fully saturated rings. The Balaban J connectivity index is 2.39. The number of nitrogens with one attached hydrogen (secondary N) is 3. The fourth-order valence-electron chi connectivity index (χ4n) is 3.01. The number of halogens is 3. The number of carbonyl (C=O) groups is 2. The van der Waals surface area contributed by atoms with E-state index in [0.717, 1.165) is 24.3 Å². The number of ether oxygens (including phenoxy) is 1. The van der Waals surface area contributed by atoms with Gasteiger partial charge in [-0.2, -0.15) is 13.2 Å². The van der Waals surface area contributed by atoms with Crippen LogP contribution in [0.25, 0.3) is 0 Å². The van der Waals surface area contributed by atoms with Gasteiger partial charge < -0.3 is 15.4 Å². The molecule has 0 radical (unpaired) electrons. The number of nitrogens with zero attached hydrogens (tertiary/aromatic N) is 2. The summed E-state index contributed by atoms with van der Waals surface area (Å²) in [6.45, 7) is 5.85. The van der Waals surface area contributed by atoms with Gasteiger partial charge in [-0.3, -0.25) is 4.79 Å². The normalized spacial score (nSPS) is 13.5. The monoisotopic (exact) mass is 517 g/mol. The molecule has 0 aliphatic heterocycles. The highest BCUT2D eigenvalue weighted by molar-refractivity contribution is 7.92. The van der Waals surface area contributed by atoms with Gasteiger partial charge in [-0.15, -0.1) is 0 Å². The molecule has 14 heteroatoms. The number of anilines is 2. The first kappa shape index (κ1) is 27.8. The van der Waals surface area contributed by atoms with E-state index in [-0.39, 0.29) is 36.0 Å². The summed E-state index contributed by atoms with van der Waals surface area (Å²) in [7, 11) is -4.17. The van der Waals surface area contributed by atoms with Gasteiger partial charge in [0.25, 0.3) is 10.0 Å². The number of alkyl halides is 3. The van der Waals surface area contributed by atoms with Crippen LogP contribution < -0.4 is 15.4 Å². The third-order valence-corrected chi connectivity index (χ3v) is 5.86. The first-order chi connectivity index (χ1) is 16.2. The van der Waals surface area contributed by atoms with Gasteiger partial charge in [0.05, 0.1) is 11.5 Å². The number of rotatable bonds is 10. The lowest BCUT2D eigenvalue weighted by molar-refractivity contribution is -0.207. The van der Waals surface area contributed by atoms with E-state index in [0.29, 0.717) is 11.4 Å². The number of amides is 1. The van der Waals surface area contributed by atoms with Gasteiger partial charge in [0.15, 0.2) is 0 Å². The summed E-state index contributed by atoms with van der Waals surface area (Å²) in [5, 5.41) is 3.67. The van der Waals surface area contributed by atoms with Gasteiger partial charge in [-0.05, 0) is 57.5 Å². The van der Waals surface area contributed by atoms with Crippen molar-refractivity contribution in [3.63, 3.8) is 0 Å². The van der Waals surface area contributed by atoms with Gasteiger partial charge in [-0.1, -0.05) is 6.92 Å². The van der Waals surface area contributed by atoms with Gasteiger partial charge in [-0.25, -0.2) is 27.9 Å². The molecule has 0 spiro atoms. The van der Waals surface area contributed by atoms with Crippen molar-refractivity contribution in [1.82, 2.24) is 15.3 Å². The summed E-state index contributed by atoms with van der Waals surface area (Å²) in [4.78, 5) is 32.1. The molecular formula is C21H26F3N5O5S. The molecule has 2 rings (SSSR count). The molecule has 2 aromatic rings. The minimum atomic E-state index is -5.30. The van der Waals surface area contributed by atoms with E-state index >= 15 is 0 Å². The standard InChI is InChI=1S/C21H26F3N5O5S/c1-5-7-17(30)28-20(21(22,23)24,18(31)34-6-2)27-15-8-10-16(11-9-15)35(32,33)29-19-25-13(3)12-14(4)26-19/h8-12,27H,5-7H2,1-4H3,(H,28,30)(H,25,26,29). The van der Waals surface area contributed by atoms with Crippen LogP contribution in [0.5, 0.6) is 0 Å². The average Bonchev–Trinajstić information content (AvgIpc) is 2.72. The Bertz CT molecular complexity index is 1150. The molecule has 0 saturated heterocycles. The van der Waals surface area contributed by atoms with Gasteiger partial charge in [0, 0.05) is 23.5 Å². The topological polar surface area (TPSA) is 139 Å². The zero-order valence-electron chi connectivity index (χ0n) is 19.5. The number of carbonyl (C=O) groups excluding carboxylic acids is 2. The second-order valence-electron chi connectivity index (χ2n) is 7.50. The van der Waals surface area contributed by atoms with Crippen molar-refractivity contribution < 1.29 is 35.9 Å². The fraction of sp³-hybridized carbons (Fsp3) is 0.429. The van der Waals surface area contributed by atoms with Crippen LogP contribution in [0.3, 0.4) is 0 Å². The quantitative estimate of drug-likeness (QED) is 0.323. The molecular weight excluding hydrogens is 491 g/mol. The highest BCUT2D eigenvalue weighted by Gasteiger charge is 2.63. The summed E-state index contributed by atoms with van der Waals surface area (Å²) >= 11 is 0. The van der Waals surface area contributed by atoms with Crippen molar-refractivity contribution in [2.45, 2.75) is 57.3 Å². The Kier molecular flexibility index (Phi) is 8.65. The van der Waals surface area contributed by atoms with Crippen LogP contribution in [-0.2, 0) is 24.3 Å². The lowest BCUT2D eigenvalue weighted by Gasteiger charge is -2.35. The Morgan fingerprint density at radius 3 is 2.09 bits per heavy atom. The number of aryl methyl sites for hydroxylation is 2. The SMILES string of the molecule is CCCC(=O)NC(Nc1ccc(S(=O)(=O)Nc2nc(C)cc(C)n2)cc1)(C(=O)OCC)C(F)(F)F. The van der Waals surface area contributed by atoms with Crippen molar-refractivity contribution >= 4 is 33.5 Å². The maximum absolute atomic E-state index is 14.1. The number of aromatic nitrogens is 2. The van der Waals surface area contributed by atoms with Gasteiger partial charge >= 0.3 is 17.8 Å². The first-order valence-electron chi connectivity index (χ1n) is 10.5. The summed E-state index contributed by atoms with van der Waals surface area (Å²) in [5.41, 5.74) is -2.82. The van der Waals surface area contributed by atoms with E-state index in [2.05, 4.69) is 19.4 Å². The van der Waals surface area contributed by atoms with Crippen LogP contribution in [0.4, 0.5) is 24.8 Å². The molecule has 1 amide bonds. The van der Waals surface area contributed by atoms with E-state index in [1.807, 2.05) is 5.32 Å². The molecule has 0 aliphatic rings. The summed E-state index contributed by atoms with van der Waals surface area (Å²) in [6.07, 6.45) is -5.32. The predicted octanol–water partition coefficient (Wildman–Crippen LogP) is 3.04. The second-order valence-corrected chi connectivity index (χ2v) is 9.18. The van der Waals surface area contributed by atoms with Crippen molar-refractivity contribution in [1.29, 1.82) is 0 Å². The van der Waals surface area contributed by atoms with Crippen molar-refractivity contribution in [3.05, 3.63) is 41.7 Å². The van der Waals surface area contributed by atoms with E-state index in [9.17, 15) is 31.2 Å². The summed E-state index contributed by atoms with van der Waals surface area (Å²) in [6, 6.07) is 5.72. The molecule has 35 heavy (non-hydrogen) atoms. The third-order valence-electron chi connectivity index (χ3n) is 4.52. The highest BCUT2D eigenvalue weighted by atomic mass is 32.2. The van der Waals surface area contributed by atoms with Crippen molar-refractivity contribution in [3.8, 4) is 0 Å². The molecule has 1 atom stereocenters. The molecule has 10 nitrogen and oxygen atoms in total. The van der Waals surface area contributed by atoms with Crippen LogP contribution in [0, 0.1) is 13.8 Å². The molecule has 0 aliphatic carbocycles. The Labute approximate surface area is 200 Å². The predicted molar refractivity (Wildman–Crippen MR) is 121 cm³/mol. The molecule has 0 bridgehead atoms. The van der Waals surface area contributed by atoms with Crippen LogP contribution in [0.1, 0.15) is 38.1 Å². The number of esters is 1. The van der Waals surface area contributed by atoms with Crippen LogP contribution in [0.15, 0.2) is 35.2 Å². The molecule has 0 saturated carbocycles. The largest absolute Gasteiger partial charge is 0.463 e. The molecule has 1 unspecified atom stereocenters. The lowest BCUT2D eigenvalue weighted by atomic mass is 10.1. The maximum Gasteiger partial charge on any atom is 0.441 e. The number of benzene rings is 1. The zero-order chi connectivity index (χ0) is 26.4. The second kappa shape index (κ2) is 10.9. The maximum atomic E-state index is 14.1. The molecule has 1 aromatic heterocycles. The molecule has 3 N–H and O–H groups in total. The van der Waals surface area contributed by atoms with Crippen LogP contribution in [0.2, 0.25) is 0 Å². The number of hydrogen-bond acceptors (Lipinski definition) is 8. The summed E-state index contributed by atoms with van der Waals surface area (Å²) in [5.74, 6) is -2.95. The van der Waals surface area contributed by atoms with Crippen molar-refractivity contribution in [2.24, 2.45) is 0 Å². The first-order valence-corrected chi connectivity index (χ1v) is 12.0. The highest BCUT2D eigenvalue weighted by Crippen LogP contribution is 2.33. The van der Waals surface area contributed by atoms with E-state index in [1.165, 1.54) is 6.92 Å². The number of hydrogen-bond donors (Lipinski definition) is 3. The average molecular weight is 518 g/mol. The molecule has 192 valence electrons. The summed E-state index contributed by atoms with van der Waals surface area (Å²) < 4.78 is 74.5. The molecule has 1 aromatic carbocycles. The smallest absolute Gasteiger partial charge is 0.441 e. The Morgan fingerprint density at radius 2 is 1.60 bits per heavy atom. The van der Waals surface area contributed by atoms with E-state index in [4.69, 9.17) is 0 Å².